The van der Waals surface area contributed by atoms with Crippen molar-refractivity contribution in [1.29, 1.82) is 0 Å². The number of carbonyl (C=O) groups is 2. The zero-order valence-electron chi connectivity index (χ0n) is 75.7. The van der Waals surface area contributed by atoms with Crippen LogP contribution in [0.25, 0.3) is 0 Å². The van der Waals surface area contributed by atoms with Crippen molar-refractivity contribution >= 4 is 11.6 Å². The molecular weight excluding hydrogens is 1510 g/mol. The third-order valence-electron chi connectivity index (χ3n) is 25.0. The Labute approximate surface area is 730 Å². The van der Waals surface area contributed by atoms with Crippen molar-refractivity contribution in [3.63, 3.8) is 0 Å². The molecule has 15 heteroatoms. The van der Waals surface area contributed by atoms with Gasteiger partial charge in [-0.2, -0.15) is 0 Å². The SMILES string of the molecule is CCCC(=O)c1cccc(OCC2(O)CCCCCC2)c1.CCCC(=O)c1cccc(OCC2CCCCCC2)c1.CCCC(O)c1cccc(OCC2(O)CCCCC2)c1.CCCC(O)c1cccc(OCC2(O)CCCCCC2)c1.CCCCc1cccc(OCC2(O)CCCCC2)c1.CCCCc1cccc(OCC2(O)CCCCCC2)c1. The Morgan fingerprint density at radius 1 is 0.314 bits per heavy atom. The molecule has 6 aliphatic rings. The van der Waals surface area contributed by atoms with E-state index in [4.69, 9.17) is 28.4 Å². The fourth-order valence-electron chi connectivity index (χ4n) is 17.2. The fourth-order valence-corrected chi connectivity index (χ4v) is 17.2. The molecule has 6 saturated carbocycles. The highest BCUT2D eigenvalue weighted by Gasteiger charge is 2.34. The average molecular weight is 1670 g/mol. The third-order valence-corrected chi connectivity index (χ3v) is 25.0. The second-order valence-electron chi connectivity index (χ2n) is 36.3. The maximum Gasteiger partial charge on any atom is 0.162 e. The number of ether oxygens (including phenoxy) is 6. The Kier molecular flexibility index (Phi) is 47.6. The van der Waals surface area contributed by atoms with E-state index in [0.29, 0.717) is 63.1 Å². The number of ketones is 2. The van der Waals surface area contributed by atoms with Gasteiger partial charge in [-0.05, 0) is 229 Å². The van der Waals surface area contributed by atoms with Crippen LogP contribution in [0.1, 0.15) is 392 Å². The van der Waals surface area contributed by atoms with Gasteiger partial charge < -0.3 is 64.2 Å². The number of Topliss-reactive ketones (excluding diaryl/α,β-unsaturated/α-hetero) is 2. The van der Waals surface area contributed by atoms with Gasteiger partial charge in [0, 0.05) is 24.0 Å². The Morgan fingerprint density at radius 3 is 0.876 bits per heavy atom. The summed E-state index contributed by atoms with van der Waals surface area (Å²) >= 11 is 0. The monoisotopic (exact) mass is 1670 g/mol. The molecule has 6 aliphatic carbocycles. The van der Waals surface area contributed by atoms with Crippen molar-refractivity contribution in [3.8, 4) is 34.5 Å². The number of hydrogen-bond acceptors (Lipinski definition) is 15. The lowest BCUT2D eigenvalue weighted by molar-refractivity contribution is -0.0341. The number of unbranched alkanes of at least 4 members (excludes halogenated alkanes) is 2. The lowest BCUT2D eigenvalue weighted by Crippen LogP contribution is -2.37. The predicted octanol–water partition coefficient (Wildman–Crippen LogP) is 25.3. The molecule has 0 amide bonds. The smallest absolute Gasteiger partial charge is 0.162 e. The van der Waals surface area contributed by atoms with Crippen LogP contribution >= 0.6 is 0 Å². The van der Waals surface area contributed by atoms with Crippen LogP contribution in [-0.4, -0.2) is 115 Å². The van der Waals surface area contributed by atoms with Gasteiger partial charge in [0.05, 0.1) is 46.8 Å². The van der Waals surface area contributed by atoms with Crippen LogP contribution in [0, 0.1) is 5.92 Å². The first-order valence-corrected chi connectivity index (χ1v) is 48.0. The van der Waals surface area contributed by atoms with Crippen molar-refractivity contribution in [2.45, 2.75) is 390 Å². The summed E-state index contributed by atoms with van der Waals surface area (Å²) in [7, 11) is 0. The highest BCUT2D eigenvalue weighted by molar-refractivity contribution is 5.96. The summed E-state index contributed by atoms with van der Waals surface area (Å²) in [6.07, 6.45) is 49.7. The Morgan fingerprint density at radius 2 is 0.579 bits per heavy atom. The first kappa shape index (κ1) is 101. The van der Waals surface area contributed by atoms with Crippen LogP contribution in [0.2, 0.25) is 0 Å². The minimum Gasteiger partial charge on any atom is -0.493 e. The highest BCUT2D eigenvalue weighted by atomic mass is 16.5. The topological polar surface area (TPSA) is 231 Å². The predicted molar refractivity (Wildman–Crippen MR) is 492 cm³/mol. The molecule has 0 aromatic heterocycles. The lowest BCUT2D eigenvalue weighted by Gasteiger charge is -2.31. The van der Waals surface area contributed by atoms with Crippen molar-refractivity contribution in [2.24, 2.45) is 5.92 Å². The molecule has 0 radical (unpaired) electrons. The van der Waals surface area contributed by atoms with Gasteiger partial charge in [-0.3, -0.25) is 9.59 Å². The normalized spacial score (nSPS) is 18.5. The number of aliphatic hydroxyl groups excluding tert-OH is 2. The molecule has 7 N–H and O–H groups in total. The molecular formula is C106H160O15. The molecule has 0 saturated heterocycles. The van der Waals surface area contributed by atoms with E-state index in [1.54, 1.807) is 6.07 Å². The van der Waals surface area contributed by atoms with Gasteiger partial charge >= 0.3 is 0 Å². The molecule has 6 aromatic carbocycles. The number of hydrogen-bond donors (Lipinski definition) is 7. The maximum atomic E-state index is 11.9. The molecule has 0 heterocycles. The first-order valence-electron chi connectivity index (χ1n) is 48.0. The number of aliphatic hydroxyl groups is 7. The van der Waals surface area contributed by atoms with Gasteiger partial charge in [0.15, 0.2) is 11.6 Å². The van der Waals surface area contributed by atoms with Gasteiger partial charge in [-0.1, -0.05) is 281 Å². The van der Waals surface area contributed by atoms with E-state index < -0.39 is 40.2 Å². The van der Waals surface area contributed by atoms with E-state index in [1.165, 1.54) is 127 Å². The lowest BCUT2D eigenvalue weighted by atomic mass is 9.85. The third kappa shape index (κ3) is 40.4. The van der Waals surface area contributed by atoms with Crippen molar-refractivity contribution in [1.82, 2.24) is 0 Å². The molecule has 6 fully saturated rings. The van der Waals surface area contributed by atoms with Gasteiger partial charge in [-0.15, -0.1) is 0 Å². The van der Waals surface area contributed by atoms with Gasteiger partial charge in [0.25, 0.3) is 0 Å². The summed E-state index contributed by atoms with van der Waals surface area (Å²) in [5, 5.41) is 72.7. The molecule has 12 rings (SSSR count). The van der Waals surface area contributed by atoms with Crippen LogP contribution in [-0.2, 0) is 12.8 Å². The number of rotatable bonds is 36. The molecule has 15 nitrogen and oxygen atoms in total. The summed E-state index contributed by atoms with van der Waals surface area (Å²) in [6.45, 7) is 15.2. The van der Waals surface area contributed by atoms with E-state index in [9.17, 15) is 45.3 Å². The summed E-state index contributed by atoms with van der Waals surface area (Å²) in [4.78, 5) is 23.8. The number of benzene rings is 6. The van der Waals surface area contributed by atoms with Crippen LogP contribution in [0.5, 0.6) is 34.5 Å². The zero-order valence-corrected chi connectivity index (χ0v) is 75.7. The Balaban J connectivity index is 0.000000200. The minimum atomic E-state index is -0.708. The Bertz CT molecular complexity index is 3730. The summed E-state index contributed by atoms with van der Waals surface area (Å²) in [5.74, 6) is 5.84. The number of carbonyl (C=O) groups excluding carboxylic acids is 2. The van der Waals surface area contributed by atoms with E-state index in [1.807, 2.05) is 123 Å². The minimum absolute atomic E-state index is 0.149. The zero-order chi connectivity index (χ0) is 86.7. The average Bonchev–Trinajstić information content (AvgIpc) is 1.84. The van der Waals surface area contributed by atoms with E-state index in [0.717, 1.165) is 232 Å². The largest absolute Gasteiger partial charge is 0.493 e. The van der Waals surface area contributed by atoms with Crippen LogP contribution in [0.3, 0.4) is 0 Å². The highest BCUT2D eigenvalue weighted by Crippen LogP contribution is 2.36. The summed E-state index contributed by atoms with van der Waals surface area (Å²) < 4.78 is 35.0. The molecule has 2 atom stereocenters. The molecule has 0 spiro atoms. The van der Waals surface area contributed by atoms with Crippen LogP contribution in [0.15, 0.2) is 146 Å². The van der Waals surface area contributed by atoms with Gasteiger partial charge in [-0.25, -0.2) is 0 Å². The second kappa shape index (κ2) is 56.9. The standard InChI is InChI=1S/C18H28O3.C18H26O3.C18H26O2.C18H28O2.C17H26O3.C17H26O2/c2*1-2-8-17(19)15-9-7-10-16(13-15)21-14-18(20)11-5-3-4-6-12-18;1-2-8-18(19)16-11-7-12-17(13-16)20-14-15-9-5-3-4-6-10-15;1-2-3-9-16-10-8-11-17(14-16)20-15-18(19)12-6-4-5-7-13-18;1-2-7-16(18)14-8-6-9-15(12-14)20-13-17(19)10-4-3-5-11-17;1-2-3-8-15-9-7-10-16(13-15)19-14-17(18)11-5-4-6-12-17/h7,9-10,13,17,19-20H,2-6,8,11-12,14H2,1H3;7,9-10,13,20H,2-6,8,11-12,14H2,1H3;7,11-13,15H,2-6,8-10,14H2,1H3;8,10-11,14,19H,2-7,9,12-13,15H2,1H3;6,8-9,12,16,18-19H,2-5,7,10-11,13H2,1H3;7,9-10,13,18H,2-6,8,11-12,14H2,1H3. The molecule has 0 aliphatic heterocycles. The molecule has 2 unspecified atom stereocenters. The molecule has 674 valence electrons. The summed E-state index contributed by atoms with van der Waals surface area (Å²) in [5.41, 5.74) is 2.64. The van der Waals surface area contributed by atoms with Crippen molar-refractivity contribution < 1.29 is 73.8 Å². The van der Waals surface area contributed by atoms with Gasteiger partial charge in [0.2, 0.25) is 0 Å². The van der Waals surface area contributed by atoms with Crippen molar-refractivity contribution in [3.05, 3.63) is 179 Å². The quantitative estimate of drug-likeness (QED) is 0.0143. The Hall–Kier alpha value is -6.82. The van der Waals surface area contributed by atoms with Crippen molar-refractivity contribution in [2.75, 3.05) is 39.6 Å². The first-order chi connectivity index (χ1) is 58.6. The molecule has 121 heavy (non-hydrogen) atoms. The molecule has 0 bridgehead atoms. The second-order valence-corrected chi connectivity index (χ2v) is 36.3. The maximum absolute atomic E-state index is 11.9. The van der Waals surface area contributed by atoms with E-state index in [-0.39, 0.29) is 11.6 Å². The van der Waals surface area contributed by atoms with Crippen LogP contribution in [0.4, 0.5) is 0 Å². The number of aryl methyl sites for hydroxylation is 2. The van der Waals surface area contributed by atoms with Gasteiger partial charge in [0.1, 0.15) is 67.5 Å². The molecule has 6 aromatic rings. The fraction of sp³-hybridized carbons (Fsp3) is 0.642. The van der Waals surface area contributed by atoms with E-state index in [2.05, 4.69) is 58.0 Å². The van der Waals surface area contributed by atoms with Crippen LogP contribution < -0.4 is 28.4 Å². The summed E-state index contributed by atoms with van der Waals surface area (Å²) in [6, 6.07) is 46.8. The van der Waals surface area contributed by atoms with E-state index >= 15 is 0 Å².